The van der Waals surface area contributed by atoms with E-state index in [4.69, 9.17) is 4.42 Å². The number of hydrogen-bond acceptors (Lipinski definition) is 6. The number of amides is 2. The minimum Gasteiger partial charge on any atom is -0.462 e. The summed E-state index contributed by atoms with van der Waals surface area (Å²) in [7, 11) is 0. The summed E-state index contributed by atoms with van der Waals surface area (Å²) in [5.41, 5.74) is 1.69. The van der Waals surface area contributed by atoms with Crippen LogP contribution < -0.4 is 10.6 Å². The van der Waals surface area contributed by atoms with Crippen LogP contribution in [-0.4, -0.2) is 22.6 Å². The third kappa shape index (κ3) is 3.18. The number of carbonyl (C=O) groups excluding carboxylic acids is 2. The van der Waals surface area contributed by atoms with Gasteiger partial charge in [-0.15, -0.1) is 23.1 Å². The quantitative estimate of drug-likeness (QED) is 0.727. The van der Waals surface area contributed by atoms with Crippen molar-refractivity contribution in [1.82, 2.24) is 4.98 Å². The maximum absolute atomic E-state index is 12.6. The molecule has 25 heavy (non-hydrogen) atoms. The Kier molecular flexibility index (Phi) is 4.06. The number of thiazole rings is 1. The number of anilines is 2. The fourth-order valence-electron chi connectivity index (χ4n) is 2.46. The van der Waals surface area contributed by atoms with Gasteiger partial charge in [0.1, 0.15) is 5.69 Å². The molecule has 0 saturated carbocycles. The molecule has 4 rings (SSSR count). The lowest BCUT2D eigenvalue weighted by Gasteiger charge is -2.17. The number of rotatable bonds is 3. The van der Waals surface area contributed by atoms with Crippen LogP contribution in [-0.2, 0) is 4.79 Å². The van der Waals surface area contributed by atoms with Crippen LogP contribution in [0.1, 0.15) is 15.4 Å². The zero-order valence-electron chi connectivity index (χ0n) is 13.2. The largest absolute Gasteiger partial charge is 0.462 e. The first-order valence-electron chi connectivity index (χ1n) is 7.49. The monoisotopic (exact) mass is 371 g/mol. The molecule has 0 bridgehead atoms. The highest BCUT2D eigenvalue weighted by atomic mass is 32.2. The van der Waals surface area contributed by atoms with Crippen molar-refractivity contribution in [3.8, 4) is 10.8 Å². The molecule has 0 radical (unpaired) electrons. The predicted octanol–water partition coefficient (Wildman–Crippen LogP) is 4.01. The Balaban J connectivity index is 1.56. The Morgan fingerprint density at radius 1 is 1.36 bits per heavy atom. The molecule has 0 aliphatic carbocycles. The molecule has 1 aliphatic heterocycles. The third-order valence-electron chi connectivity index (χ3n) is 3.61. The van der Waals surface area contributed by atoms with E-state index in [9.17, 15) is 9.59 Å². The smallest absolute Gasteiger partial charge is 0.275 e. The number of furan rings is 1. The van der Waals surface area contributed by atoms with Crippen molar-refractivity contribution in [3.63, 3.8) is 0 Å². The van der Waals surface area contributed by atoms with Crippen LogP contribution >= 0.6 is 23.1 Å². The van der Waals surface area contributed by atoms with Gasteiger partial charge in [0.2, 0.25) is 5.91 Å². The second-order valence-corrected chi connectivity index (χ2v) is 7.62. The molecule has 0 unspecified atom stereocenters. The summed E-state index contributed by atoms with van der Waals surface area (Å²) < 4.78 is 5.33. The SMILES string of the molecule is Cc1sc(-c2ccco2)nc1C(=O)Nc1ccc2c(c1)NC(=O)CS2. The Bertz CT molecular complexity index is 964. The van der Waals surface area contributed by atoms with E-state index in [1.807, 2.05) is 25.1 Å². The van der Waals surface area contributed by atoms with Crippen molar-refractivity contribution in [2.75, 3.05) is 16.4 Å². The summed E-state index contributed by atoms with van der Waals surface area (Å²) in [6, 6.07) is 9.05. The Morgan fingerprint density at radius 3 is 3.04 bits per heavy atom. The van der Waals surface area contributed by atoms with E-state index in [-0.39, 0.29) is 11.8 Å². The number of thioether (sulfide) groups is 1. The van der Waals surface area contributed by atoms with Crippen LogP contribution in [0, 0.1) is 6.92 Å². The van der Waals surface area contributed by atoms with E-state index in [0.29, 0.717) is 33.6 Å². The Labute approximate surface area is 151 Å². The molecule has 3 aromatic rings. The van der Waals surface area contributed by atoms with E-state index in [1.165, 1.54) is 23.1 Å². The lowest BCUT2D eigenvalue weighted by atomic mass is 10.2. The van der Waals surface area contributed by atoms with Gasteiger partial charge in [-0.2, -0.15) is 0 Å². The summed E-state index contributed by atoms with van der Waals surface area (Å²) in [6.45, 7) is 1.85. The standard InChI is InChI=1S/C17H13N3O3S2/c1-9-15(20-17(25-9)12-3-2-6-23-12)16(22)18-10-4-5-13-11(7-10)19-14(21)8-24-13/h2-7H,8H2,1H3,(H,18,22)(H,19,21). The minimum atomic E-state index is -0.290. The molecule has 1 aromatic carbocycles. The molecule has 1 aliphatic rings. The van der Waals surface area contributed by atoms with Gasteiger partial charge in [-0.3, -0.25) is 9.59 Å². The molecule has 8 heteroatoms. The van der Waals surface area contributed by atoms with Crippen LogP contribution in [0.5, 0.6) is 0 Å². The summed E-state index contributed by atoms with van der Waals surface area (Å²) in [4.78, 5) is 30.3. The molecule has 2 aromatic heterocycles. The van der Waals surface area contributed by atoms with Crippen LogP contribution in [0.15, 0.2) is 45.9 Å². The van der Waals surface area contributed by atoms with Gasteiger partial charge in [-0.1, -0.05) is 0 Å². The van der Waals surface area contributed by atoms with Gasteiger partial charge in [-0.05, 0) is 37.3 Å². The molecular formula is C17H13N3O3S2. The number of nitrogens with zero attached hydrogens (tertiary/aromatic N) is 1. The molecule has 6 nitrogen and oxygen atoms in total. The average molecular weight is 371 g/mol. The molecule has 126 valence electrons. The first-order chi connectivity index (χ1) is 12.1. The second kappa shape index (κ2) is 6.38. The minimum absolute atomic E-state index is 0.0422. The van der Waals surface area contributed by atoms with Crippen molar-refractivity contribution in [1.29, 1.82) is 0 Å². The van der Waals surface area contributed by atoms with Crippen LogP contribution in [0.3, 0.4) is 0 Å². The second-order valence-electron chi connectivity index (χ2n) is 5.40. The molecule has 0 atom stereocenters. The summed E-state index contributed by atoms with van der Waals surface area (Å²) in [5, 5.41) is 6.32. The molecule has 3 heterocycles. The normalized spacial score (nSPS) is 13.2. The molecule has 0 spiro atoms. The lowest BCUT2D eigenvalue weighted by Crippen LogP contribution is -2.19. The maximum atomic E-state index is 12.6. The number of hydrogen-bond donors (Lipinski definition) is 2. The molecular weight excluding hydrogens is 358 g/mol. The Hall–Kier alpha value is -2.58. The number of nitrogens with one attached hydrogen (secondary N) is 2. The molecule has 0 saturated heterocycles. The number of aromatic nitrogens is 1. The zero-order valence-corrected chi connectivity index (χ0v) is 14.8. The summed E-state index contributed by atoms with van der Waals surface area (Å²) >= 11 is 2.89. The predicted molar refractivity (Wildman–Crippen MR) is 98.3 cm³/mol. The van der Waals surface area contributed by atoms with E-state index >= 15 is 0 Å². The molecule has 0 fully saturated rings. The maximum Gasteiger partial charge on any atom is 0.275 e. The van der Waals surface area contributed by atoms with Crippen LogP contribution in [0.25, 0.3) is 10.8 Å². The van der Waals surface area contributed by atoms with Crippen LogP contribution in [0.2, 0.25) is 0 Å². The van der Waals surface area contributed by atoms with Crippen molar-refractivity contribution >= 4 is 46.3 Å². The summed E-state index contributed by atoms with van der Waals surface area (Å²) in [5.74, 6) is 0.716. The highest BCUT2D eigenvalue weighted by Gasteiger charge is 2.19. The van der Waals surface area contributed by atoms with Gasteiger partial charge in [0.05, 0.1) is 17.7 Å². The van der Waals surface area contributed by atoms with Crippen molar-refractivity contribution in [2.24, 2.45) is 0 Å². The van der Waals surface area contributed by atoms with E-state index in [2.05, 4.69) is 15.6 Å². The fraction of sp³-hybridized carbons (Fsp3) is 0.118. The van der Waals surface area contributed by atoms with E-state index < -0.39 is 0 Å². The number of aryl methyl sites for hydroxylation is 1. The van der Waals surface area contributed by atoms with Gasteiger partial charge in [0.25, 0.3) is 5.91 Å². The van der Waals surface area contributed by atoms with Gasteiger partial charge < -0.3 is 15.1 Å². The third-order valence-corrected chi connectivity index (χ3v) is 5.67. The van der Waals surface area contributed by atoms with Crippen molar-refractivity contribution in [2.45, 2.75) is 11.8 Å². The van der Waals surface area contributed by atoms with Gasteiger partial charge in [0.15, 0.2) is 10.8 Å². The highest BCUT2D eigenvalue weighted by molar-refractivity contribution is 8.00. The fourth-order valence-corrected chi connectivity index (χ4v) is 4.13. The molecule has 2 amide bonds. The highest BCUT2D eigenvalue weighted by Crippen LogP contribution is 2.34. The molecule has 2 N–H and O–H groups in total. The van der Waals surface area contributed by atoms with Gasteiger partial charge >= 0.3 is 0 Å². The summed E-state index contributed by atoms with van der Waals surface area (Å²) in [6.07, 6.45) is 1.57. The van der Waals surface area contributed by atoms with Gasteiger partial charge in [-0.25, -0.2) is 4.98 Å². The van der Waals surface area contributed by atoms with Crippen molar-refractivity contribution in [3.05, 3.63) is 47.2 Å². The lowest BCUT2D eigenvalue weighted by molar-refractivity contribution is -0.113. The van der Waals surface area contributed by atoms with Gasteiger partial charge in [0, 0.05) is 15.5 Å². The van der Waals surface area contributed by atoms with E-state index in [0.717, 1.165) is 9.77 Å². The van der Waals surface area contributed by atoms with Crippen LogP contribution in [0.4, 0.5) is 11.4 Å². The zero-order chi connectivity index (χ0) is 17.4. The average Bonchev–Trinajstić information content (AvgIpc) is 3.23. The first kappa shape index (κ1) is 15.9. The first-order valence-corrected chi connectivity index (χ1v) is 9.30. The topological polar surface area (TPSA) is 84.2 Å². The van der Waals surface area contributed by atoms with E-state index in [1.54, 1.807) is 18.4 Å². The number of carbonyl (C=O) groups is 2. The number of benzene rings is 1. The number of fused-ring (bicyclic) bond motifs is 1. The van der Waals surface area contributed by atoms with Crippen molar-refractivity contribution < 1.29 is 14.0 Å². The Morgan fingerprint density at radius 2 is 2.24 bits per heavy atom.